The molecule has 0 radical (unpaired) electrons. The molecule has 37 heavy (non-hydrogen) atoms. The van der Waals surface area contributed by atoms with Crippen LogP contribution in [0.4, 0.5) is 0 Å². The summed E-state index contributed by atoms with van der Waals surface area (Å²) in [5, 5.41) is 20.0. The average molecular weight is 513 g/mol. The third kappa shape index (κ3) is 3.01. The van der Waals surface area contributed by atoms with Crippen LogP contribution < -0.4 is 0 Å². The van der Waals surface area contributed by atoms with Gasteiger partial charge in [-0.1, -0.05) is 40.2 Å². The Labute approximate surface area is 218 Å². The van der Waals surface area contributed by atoms with E-state index in [2.05, 4.69) is 20.8 Å². The molecule has 5 rings (SSSR count). The minimum Gasteiger partial charge on any atom is -0.481 e. The number of epoxide rings is 1. The fourth-order valence-electron chi connectivity index (χ4n) is 9.13. The molecule has 0 aromatic heterocycles. The molecule has 0 aromatic carbocycles. The molecule has 7 heteroatoms. The molecule has 0 amide bonds. The van der Waals surface area contributed by atoms with Crippen molar-refractivity contribution in [2.24, 2.45) is 39.4 Å². The first-order valence-electron chi connectivity index (χ1n) is 13.6. The molecular formula is C30H40O7. The van der Waals surface area contributed by atoms with Gasteiger partial charge in [0.25, 0.3) is 0 Å². The number of rotatable bonds is 5. The number of Topliss-reactive ketones (excluding diaryl/α,β-unsaturated/α-hetero) is 1. The van der Waals surface area contributed by atoms with Gasteiger partial charge in [0, 0.05) is 18.8 Å². The van der Waals surface area contributed by atoms with Gasteiger partial charge in [-0.05, 0) is 67.6 Å². The van der Waals surface area contributed by atoms with E-state index in [1.54, 1.807) is 13.0 Å². The number of ether oxygens (including phenoxy) is 1. The highest BCUT2D eigenvalue weighted by Gasteiger charge is 2.86. The Morgan fingerprint density at radius 3 is 2.46 bits per heavy atom. The number of carbonyl (C=O) groups excluding carboxylic acids is 3. The molecule has 2 N–H and O–H groups in total. The maximum atomic E-state index is 14.2. The van der Waals surface area contributed by atoms with Crippen molar-refractivity contribution < 1.29 is 34.1 Å². The fourth-order valence-corrected chi connectivity index (χ4v) is 9.13. The van der Waals surface area contributed by atoms with Crippen molar-refractivity contribution in [3.05, 3.63) is 23.3 Å². The highest BCUT2D eigenvalue weighted by molar-refractivity contribution is 6.08. The van der Waals surface area contributed by atoms with E-state index in [1.165, 1.54) is 13.0 Å². The smallest absolute Gasteiger partial charge is 0.306 e. The summed E-state index contributed by atoms with van der Waals surface area (Å²) in [6.07, 6.45) is 4.70. The Hall–Kier alpha value is -2.12. The van der Waals surface area contributed by atoms with Gasteiger partial charge in [0.2, 0.25) is 0 Å². The maximum absolute atomic E-state index is 14.2. The SMILES string of the molecule is C/C(=C\C(=O)C[C@H](C)C(=O)O)[C@H]1CC(=O)[C@]2(C)[C@]1(C)C(=O)C=C1[C@@]3(C)CC[C@H](O)C(C)(C)[C@@H]3C[C@H]3O[C@@]132. The summed E-state index contributed by atoms with van der Waals surface area (Å²) in [6, 6.07) is 0. The van der Waals surface area contributed by atoms with Gasteiger partial charge in [-0.3, -0.25) is 19.2 Å². The number of allylic oxidation sites excluding steroid dienone is 3. The van der Waals surface area contributed by atoms with E-state index in [0.29, 0.717) is 12.0 Å². The summed E-state index contributed by atoms with van der Waals surface area (Å²) >= 11 is 0. The topological polar surface area (TPSA) is 121 Å². The molecule has 1 aliphatic heterocycles. The second-order valence-electron chi connectivity index (χ2n) is 13.7. The Morgan fingerprint density at radius 1 is 1.19 bits per heavy atom. The van der Waals surface area contributed by atoms with E-state index < -0.39 is 40.3 Å². The van der Waals surface area contributed by atoms with E-state index in [0.717, 1.165) is 18.4 Å². The molecule has 4 aliphatic carbocycles. The quantitative estimate of drug-likeness (QED) is 0.421. The normalized spacial score (nSPS) is 46.7. The van der Waals surface area contributed by atoms with E-state index in [-0.39, 0.29) is 53.0 Å². The van der Waals surface area contributed by atoms with E-state index in [4.69, 9.17) is 4.74 Å². The number of aliphatic hydroxyl groups excluding tert-OH is 1. The number of hydrogen-bond donors (Lipinski definition) is 2. The van der Waals surface area contributed by atoms with Crippen LogP contribution in [0.15, 0.2) is 23.3 Å². The van der Waals surface area contributed by atoms with Crippen LogP contribution >= 0.6 is 0 Å². The number of fused-ring (bicyclic) bond motifs is 3. The van der Waals surface area contributed by atoms with E-state index >= 15 is 0 Å². The predicted octanol–water partition coefficient (Wildman–Crippen LogP) is 4.07. The summed E-state index contributed by atoms with van der Waals surface area (Å²) in [7, 11) is 0. The van der Waals surface area contributed by atoms with Crippen LogP contribution in [0.25, 0.3) is 0 Å². The summed E-state index contributed by atoms with van der Waals surface area (Å²) in [5.41, 5.74) is -2.12. The highest BCUT2D eigenvalue weighted by Crippen LogP contribution is 2.78. The first-order valence-corrected chi connectivity index (χ1v) is 13.6. The number of aliphatic carboxylic acids is 1. The fraction of sp³-hybridized carbons (Fsp3) is 0.733. The molecule has 0 bridgehead atoms. The van der Waals surface area contributed by atoms with Gasteiger partial charge in [-0.15, -0.1) is 0 Å². The molecule has 0 aromatic rings. The van der Waals surface area contributed by atoms with Crippen molar-refractivity contribution in [1.29, 1.82) is 0 Å². The van der Waals surface area contributed by atoms with Gasteiger partial charge in [-0.2, -0.15) is 0 Å². The number of ketones is 3. The van der Waals surface area contributed by atoms with Crippen molar-refractivity contribution in [2.75, 3.05) is 0 Å². The van der Waals surface area contributed by atoms with Crippen LogP contribution in [-0.4, -0.2) is 51.3 Å². The molecule has 1 heterocycles. The molecule has 7 nitrogen and oxygen atoms in total. The molecule has 9 atom stereocenters. The minimum atomic E-state index is -1.07. The molecule has 4 fully saturated rings. The lowest BCUT2D eigenvalue weighted by atomic mass is 9.40. The van der Waals surface area contributed by atoms with Crippen molar-refractivity contribution in [2.45, 2.75) is 98.4 Å². The van der Waals surface area contributed by atoms with Gasteiger partial charge in [0.15, 0.2) is 11.6 Å². The number of hydrogen-bond acceptors (Lipinski definition) is 6. The summed E-state index contributed by atoms with van der Waals surface area (Å²) in [5.74, 6) is -2.62. The van der Waals surface area contributed by atoms with Gasteiger partial charge < -0.3 is 14.9 Å². The van der Waals surface area contributed by atoms with Crippen molar-refractivity contribution >= 4 is 23.3 Å². The Balaban J connectivity index is 1.58. The van der Waals surface area contributed by atoms with Crippen LogP contribution in [0.5, 0.6) is 0 Å². The minimum absolute atomic E-state index is 0.0160. The lowest BCUT2D eigenvalue weighted by molar-refractivity contribution is -0.149. The lowest BCUT2D eigenvalue weighted by Gasteiger charge is -2.61. The monoisotopic (exact) mass is 512 g/mol. The van der Waals surface area contributed by atoms with Gasteiger partial charge in [0.1, 0.15) is 11.4 Å². The van der Waals surface area contributed by atoms with Crippen LogP contribution in [-0.2, 0) is 23.9 Å². The lowest BCUT2D eigenvalue weighted by Crippen LogP contribution is -2.65. The van der Waals surface area contributed by atoms with Crippen LogP contribution in [0.1, 0.15) is 80.6 Å². The zero-order chi connectivity index (χ0) is 27.5. The van der Waals surface area contributed by atoms with Crippen LogP contribution in [0.3, 0.4) is 0 Å². The Bertz CT molecular complexity index is 1180. The molecule has 202 valence electrons. The molecule has 0 unspecified atom stereocenters. The molecule has 1 spiro atoms. The largest absolute Gasteiger partial charge is 0.481 e. The first kappa shape index (κ1) is 26.5. The standard InChI is InChI=1S/C30H40O7/c1-15(10-17(31)11-16(2)25(35)36)18-12-23(34)29(7)28(18,6)22(33)13-20-27(5)9-8-21(32)26(3,4)19(27)14-24-30(20,29)37-24/h10,13,16,18-19,21,24,32H,8-9,11-12,14H2,1-7H3,(H,35,36)/b15-10+/t16-,18+,19-,21-,24+,27-,28-,29+,30-/m0/s1. The number of carboxylic acids is 1. The van der Waals surface area contributed by atoms with Crippen molar-refractivity contribution in [3.63, 3.8) is 0 Å². The second-order valence-corrected chi connectivity index (χ2v) is 13.7. The summed E-state index contributed by atoms with van der Waals surface area (Å²) in [6.45, 7) is 13.4. The van der Waals surface area contributed by atoms with Gasteiger partial charge in [-0.25, -0.2) is 0 Å². The zero-order valence-corrected chi connectivity index (χ0v) is 23.0. The van der Waals surface area contributed by atoms with Gasteiger partial charge >= 0.3 is 5.97 Å². The van der Waals surface area contributed by atoms with E-state index in [1.807, 2.05) is 13.8 Å². The Kier molecular flexibility index (Phi) is 5.53. The summed E-state index contributed by atoms with van der Waals surface area (Å²) in [4.78, 5) is 52.0. The number of carboxylic acid groups (broad SMARTS) is 1. The van der Waals surface area contributed by atoms with Crippen molar-refractivity contribution in [1.82, 2.24) is 0 Å². The van der Waals surface area contributed by atoms with Gasteiger partial charge in [0.05, 0.1) is 29.0 Å². The highest BCUT2D eigenvalue weighted by atomic mass is 16.6. The predicted molar refractivity (Wildman–Crippen MR) is 135 cm³/mol. The number of aliphatic hydroxyl groups is 1. The maximum Gasteiger partial charge on any atom is 0.306 e. The van der Waals surface area contributed by atoms with Crippen LogP contribution in [0, 0.1) is 39.4 Å². The van der Waals surface area contributed by atoms with Crippen LogP contribution in [0.2, 0.25) is 0 Å². The molecule has 5 aliphatic rings. The third-order valence-corrected chi connectivity index (χ3v) is 11.7. The molecular weight excluding hydrogens is 472 g/mol. The third-order valence-electron chi connectivity index (χ3n) is 11.7. The first-order chi connectivity index (χ1) is 17.0. The zero-order valence-electron chi connectivity index (χ0n) is 23.0. The Morgan fingerprint density at radius 2 is 1.84 bits per heavy atom. The number of carbonyl (C=O) groups is 4. The second kappa shape index (κ2) is 7.72. The summed E-state index contributed by atoms with van der Waals surface area (Å²) < 4.78 is 6.57. The van der Waals surface area contributed by atoms with Crippen molar-refractivity contribution in [3.8, 4) is 0 Å². The molecule has 1 saturated heterocycles. The average Bonchev–Trinajstić information content (AvgIpc) is 3.49. The van der Waals surface area contributed by atoms with E-state index in [9.17, 15) is 29.4 Å². The molecule has 3 saturated carbocycles.